The Labute approximate surface area is 115 Å². The minimum Gasteiger partial charge on any atom is -0.373 e. The van der Waals surface area contributed by atoms with Crippen LogP contribution in [0.5, 0.6) is 0 Å². The third kappa shape index (κ3) is 3.96. The van der Waals surface area contributed by atoms with E-state index in [9.17, 15) is 0 Å². The van der Waals surface area contributed by atoms with Crippen molar-refractivity contribution in [2.75, 3.05) is 18.5 Å². The van der Waals surface area contributed by atoms with Gasteiger partial charge in [0.25, 0.3) is 0 Å². The summed E-state index contributed by atoms with van der Waals surface area (Å²) >= 11 is 0. The van der Waals surface area contributed by atoms with Crippen LogP contribution in [-0.2, 0) is 11.2 Å². The number of hydrogen-bond acceptors (Lipinski definition) is 2. The number of rotatable bonds is 4. The second kappa shape index (κ2) is 6.06. The molecule has 0 radical (unpaired) electrons. The molecule has 0 amide bonds. The number of nitrogens with two attached hydrogens (primary N) is 1. The van der Waals surface area contributed by atoms with Crippen LogP contribution in [0.4, 0.5) is 5.69 Å². The van der Waals surface area contributed by atoms with E-state index in [1.54, 1.807) is 0 Å². The molecule has 0 saturated carbocycles. The van der Waals surface area contributed by atoms with Crippen LogP contribution in [0.1, 0.15) is 32.3 Å². The predicted octanol–water partition coefficient (Wildman–Crippen LogP) is 2.54. The molecule has 1 aromatic carbocycles. The monoisotopic (exact) mass is 261 g/mol. The molecule has 1 atom stereocenters. The number of hydrogen-bond donors (Lipinski definition) is 2. The SMILES string of the molecule is CCc1cccc(NC(N)=NCC2(C)CCCO2)c1. The highest BCUT2D eigenvalue weighted by Crippen LogP contribution is 2.25. The number of guanidine groups is 1. The van der Waals surface area contributed by atoms with Gasteiger partial charge in [0.2, 0.25) is 0 Å². The second-order valence-electron chi connectivity index (χ2n) is 5.28. The Kier molecular flexibility index (Phi) is 4.43. The molecule has 1 fully saturated rings. The Morgan fingerprint density at radius 1 is 1.53 bits per heavy atom. The van der Waals surface area contributed by atoms with Crippen LogP contribution in [0.3, 0.4) is 0 Å². The molecule has 0 aliphatic carbocycles. The summed E-state index contributed by atoms with van der Waals surface area (Å²) in [5.74, 6) is 0.449. The quantitative estimate of drug-likeness (QED) is 0.647. The number of anilines is 1. The van der Waals surface area contributed by atoms with Crippen molar-refractivity contribution in [3.8, 4) is 0 Å². The van der Waals surface area contributed by atoms with E-state index in [1.807, 2.05) is 12.1 Å². The van der Waals surface area contributed by atoms with Crippen LogP contribution < -0.4 is 11.1 Å². The summed E-state index contributed by atoms with van der Waals surface area (Å²) in [4.78, 5) is 4.39. The smallest absolute Gasteiger partial charge is 0.193 e. The highest BCUT2D eigenvalue weighted by molar-refractivity contribution is 5.92. The molecular formula is C15H23N3O. The van der Waals surface area contributed by atoms with E-state index < -0.39 is 0 Å². The van der Waals surface area contributed by atoms with Crippen LogP contribution in [0, 0.1) is 0 Å². The molecule has 0 bridgehead atoms. The Morgan fingerprint density at radius 3 is 3.05 bits per heavy atom. The molecule has 1 aromatic rings. The average molecular weight is 261 g/mol. The van der Waals surface area contributed by atoms with Crippen molar-refractivity contribution in [3.63, 3.8) is 0 Å². The molecule has 0 spiro atoms. The van der Waals surface area contributed by atoms with Crippen molar-refractivity contribution in [3.05, 3.63) is 29.8 Å². The predicted molar refractivity (Wildman–Crippen MR) is 79.5 cm³/mol. The van der Waals surface area contributed by atoms with Crippen LogP contribution in [0.2, 0.25) is 0 Å². The van der Waals surface area contributed by atoms with Crippen LogP contribution in [-0.4, -0.2) is 24.7 Å². The van der Waals surface area contributed by atoms with E-state index in [2.05, 4.69) is 36.3 Å². The van der Waals surface area contributed by atoms with Gasteiger partial charge < -0.3 is 15.8 Å². The normalized spacial score (nSPS) is 23.6. The topological polar surface area (TPSA) is 59.6 Å². The first-order valence-corrected chi connectivity index (χ1v) is 6.91. The zero-order valence-corrected chi connectivity index (χ0v) is 11.8. The van der Waals surface area contributed by atoms with E-state index >= 15 is 0 Å². The highest BCUT2D eigenvalue weighted by Gasteiger charge is 2.29. The number of nitrogens with zero attached hydrogens (tertiary/aromatic N) is 1. The minimum absolute atomic E-state index is 0.141. The third-order valence-electron chi connectivity index (χ3n) is 3.49. The molecule has 1 aliphatic rings. The molecule has 2 rings (SSSR count). The summed E-state index contributed by atoms with van der Waals surface area (Å²) in [6, 6.07) is 8.22. The van der Waals surface area contributed by atoms with Gasteiger partial charge in [-0.05, 0) is 43.9 Å². The summed E-state index contributed by atoms with van der Waals surface area (Å²) in [5, 5.41) is 3.13. The molecule has 3 N–H and O–H groups in total. The van der Waals surface area contributed by atoms with Gasteiger partial charge in [0.05, 0.1) is 12.1 Å². The molecule has 104 valence electrons. The van der Waals surface area contributed by atoms with E-state index in [1.165, 1.54) is 5.56 Å². The lowest BCUT2D eigenvalue weighted by molar-refractivity contribution is 0.0284. The highest BCUT2D eigenvalue weighted by atomic mass is 16.5. The largest absolute Gasteiger partial charge is 0.373 e. The zero-order chi connectivity index (χ0) is 13.7. The van der Waals surface area contributed by atoms with Crippen molar-refractivity contribution in [1.82, 2.24) is 0 Å². The molecular weight excluding hydrogens is 238 g/mol. The number of aliphatic imine (C=N–C) groups is 1. The van der Waals surface area contributed by atoms with Crippen molar-refractivity contribution < 1.29 is 4.74 Å². The van der Waals surface area contributed by atoms with Gasteiger partial charge in [-0.3, -0.25) is 4.99 Å². The Morgan fingerprint density at radius 2 is 2.37 bits per heavy atom. The number of benzene rings is 1. The molecule has 4 nitrogen and oxygen atoms in total. The lowest BCUT2D eigenvalue weighted by Crippen LogP contribution is -2.30. The van der Waals surface area contributed by atoms with Gasteiger partial charge in [-0.25, -0.2) is 0 Å². The van der Waals surface area contributed by atoms with Crippen LogP contribution >= 0.6 is 0 Å². The maximum Gasteiger partial charge on any atom is 0.193 e. The summed E-state index contributed by atoms with van der Waals surface area (Å²) in [6.45, 7) is 5.67. The molecule has 1 heterocycles. The fourth-order valence-electron chi connectivity index (χ4n) is 2.27. The Hall–Kier alpha value is -1.55. The zero-order valence-electron chi connectivity index (χ0n) is 11.8. The van der Waals surface area contributed by atoms with E-state index in [-0.39, 0.29) is 5.60 Å². The third-order valence-corrected chi connectivity index (χ3v) is 3.49. The maximum atomic E-state index is 5.92. The van der Waals surface area contributed by atoms with Gasteiger partial charge in [0.15, 0.2) is 5.96 Å². The Balaban J connectivity index is 1.94. The van der Waals surface area contributed by atoms with Crippen molar-refractivity contribution in [2.24, 2.45) is 10.7 Å². The summed E-state index contributed by atoms with van der Waals surface area (Å²) < 4.78 is 5.69. The number of nitrogens with one attached hydrogen (secondary N) is 1. The first-order chi connectivity index (χ1) is 9.11. The standard InChI is InChI=1S/C15H23N3O/c1-3-12-6-4-7-13(10-12)18-14(16)17-11-15(2)8-5-9-19-15/h4,6-7,10H,3,5,8-9,11H2,1-2H3,(H3,16,17,18). The lowest BCUT2D eigenvalue weighted by Gasteiger charge is -2.20. The number of aryl methyl sites for hydroxylation is 1. The Bertz CT molecular complexity index is 450. The van der Waals surface area contributed by atoms with Crippen molar-refractivity contribution in [2.45, 2.75) is 38.7 Å². The van der Waals surface area contributed by atoms with Crippen molar-refractivity contribution >= 4 is 11.6 Å². The second-order valence-corrected chi connectivity index (χ2v) is 5.28. The lowest BCUT2D eigenvalue weighted by atomic mass is 10.0. The molecule has 1 unspecified atom stereocenters. The first-order valence-electron chi connectivity index (χ1n) is 6.91. The summed E-state index contributed by atoms with van der Waals surface area (Å²) in [7, 11) is 0. The van der Waals surface area contributed by atoms with E-state index in [0.29, 0.717) is 12.5 Å². The van der Waals surface area contributed by atoms with Gasteiger partial charge in [0.1, 0.15) is 0 Å². The van der Waals surface area contributed by atoms with Crippen LogP contribution in [0.25, 0.3) is 0 Å². The average Bonchev–Trinajstić information content (AvgIpc) is 2.84. The van der Waals surface area contributed by atoms with Gasteiger partial charge in [-0.15, -0.1) is 0 Å². The van der Waals surface area contributed by atoms with Gasteiger partial charge in [-0.2, -0.15) is 0 Å². The van der Waals surface area contributed by atoms with Crippen LogP contribution in [0.15, 0.2) is 29.3 Å². The number of ether oxygens (including phenoxy) is 1. The van der Waals surface area contributed by atoms with E-state index in [4.69, 9.17) is 10.5 Å². The van der Waals surface area contributed by atoms with Crippen molar-refractivity contribution in [1.29, 1.82) is 0 Å². The van der Waals surface area contributed by atoms with Gasteiger partial charge in [-0.1, -0.05) is 19.1 Å². The minimum atomic E-state index is -0.141. The van der Waals surface area contributed by atoms with Gasteiger partial charge in [0, 0.05) is 12.3 Å². The molecule has 4 heteroatoms. The van der Waals surface area contributed by atoms with Gasteiger partial charge >= 0.3 is 0 Å². The molecule has 0 aromatic heterocycles. The fraction of sp³-hybridized carbons (Fsp3) is 0.533. The molecule has 1 saturated heterocycles. The maximum absolute atomic E-state index is 5.92. The first kappa shape index (κ1) is 13.9. The summed E-state index contributed by atoms with van der Waals surface area (Å²) in [6.07, 6.45) is 3.17. The fourth-order valence-corrected chi connectivity index (χ4v) is 2.27. The molecule has 1 aliphatic heterocycles. The molecule has 19 heavy (non-hydrogen) atoms. The van der Waals surface area contributed by atoms with E-state index in [0.717, 1.165) is 31.6 Å². The summed E-state index contributed by atoms with van der Waals surface area (Å²) in [5.41, 5.74) is 8.04.